The van der Waals surface area contributed by atoms with E-state index < -0.39 is 0 Å². The summed E-state index contributed by atoms with van der Waals surface area (Å²) in [6, 6.07) is 7.65. The van der Waals surface area contributed by atoms with Crippen molar-refractivity contribution < 1.29 is 4.79 Å². The Bertz CT molecular complexity index is 378. The van der Waals surface area contributed by atoms with E-state index in [1.165, 1.54) is 11.9 Å². The lowest BCUT2D eigenvalue weighted by Gasteiger charge is -2.26. The van der Waals surface area contributed by atoms with Crippen molar-refractivity contribution in [3.63, 3.8) is 0 Å². The van der Waals surface area contributed by atoms with E-state index in [4.69, 9.17) is 0 Å². The van der Waals surface area contributed by atoms with Crippen LogP contribution in [-0.4, -0.2) is 16.9 Å². The highest BCUT2D eigenvalue weighted by atomic mass is 32.2. The molecule has 3 nitrogen and oxygen atoms in total. The molecule has 1 aromatic rings. The maximum atomic E-state index is 11.5. The van der Waals surface area contributed by atoms with Gasteiger partial charge in [-0.25, -0.2) is 4.79 Å². The van der Waals surface area contributed by atoms with E-state index in [0.717, 1.165) is 10.6 Å². The molecule has 0 fully saturated rings. The molecule has 1 N–H and O–H groups in total. The molecular formula is C10H10N2OS. The Morgan fingerprint density at radius 3 is 3.07 bits per heavy atom. The van der Waals surface area contributed by atoms with Gasteiger partial charge in [0.05, 0.1) is 17.1 Å². The zero-order valence-corrected chi connectivity index (χ0v) is 8.38. The number of carbonyl (C=O) groups excluding carboxylic acids is 1. The molecule has 2 rings (SSSR count). The van der Waals surface area contributed by atoms with Gasteiger partial charge >= 0.3 is 6.03 Å². The van der Waals surface area contributed by atoms with Crippen LogP contribution in [-0.2, 0) is 0 Å². The van der Waals surface area contributed by atoms with Gasteiger partial charge in [-0.1, -0.05) is 18.2 Å². The van der Waals surface area contributed by atoms with Crippen LogP contribution in [0.2, 0.25) is 0 Å². The van der Waals surface area contributed by atoms with Crippen molar-refractivity contribution in [2.24, 2.45) is 0 Å². The van der Waals surface area contributed by atoms with E-state index in [1.54, 1.807) is 10.4 Å². The van der Waals surface area contributed by atoms with E-state index in [1.807, 2.05) is 24.3 Å². The van der Waals surface area contributed by atoms with E-state index in [9.17, 15) is 4.79 Å². The predicted octanol–water partition coefficient (Wildman–Crippen LogP) is 2.73. The Morgan fingerprint density at radius 2 is 2.29 bits per heavy atom. The third-order valence-electron chi connectivity index (χ3n) is 1.86. The van der Waals surface area contributed by atoms with Crippen molar-refractivity contribution in [3.8, 4) is 0 Å². The van der Waals surface area contributed by atoms with Gasteiger partial charge in [-0.2, -0.15) is 0 Å². The van der Waals surface area contributed by atoms with Crippen molar-refractivity contribution in [3.05, 3.63) is 36.9 Å². The predicted molar refractivity (Wildman–Crippen MR) is 58.2 cm³/mol. The number of nitrogens with zero attached hydrogens (tertiary/aromatic N) is 1. The summed E-state index contributed by atoms with van der Waals surface area (Å²) in [6.45, 7) is 4.16. The van der Waals surface area contributed by atoms with Crippen molar-refractivity contribution in [2.45, 2.75) is 4.90 Å². The first-order chi connectivity index (χ1) is 6.81. The Morgan fingerprint density at radius 1 is 1.50 bits per heavy atom. The second-order valence-corrected chi connectivity index (χ2v) is 3.93. The Balaban J connectivity index is 2.26. The third-order valence-corrected chi connectivity index (χ3v) is 2.95. The van der Waals surface area contributed by atoms with Gasteiger partial charge in [-0.3, -0.25) is 4.31 Å². The molecule has 0 bridgehead atoms. The zero-order valence-electron chi connectivity index (χ0n) is 7.56. The van der Waals surface area contributed by atoms with Crippen LogP contribution in [0.4, 0.5) is 10.5 Å². The Labute approximate surface area is 86.9 Å². The number of nitrogens with one attached hydrogen (secondary N) is 1. The molecule has 0 aromatic heterocycles. The molecular weight excluding hydrogens is 196 g/mol. The molecule has 1 aliphatic heterocycles. The highest BCUT2D eigenvalue weighted by Gasteiger charge is 2.21. The smallest absolute Gasteiger partial charge is 0.306 e. The maximum absolute atomic E-state index is 11.5. The molecule has 0 radical (unpaired) electrons. The van der Waals surface area contributed by atoms with Crippen LogP contribution < -0.4 is 5.32 Å². The molecule has 1 aliphatic rings. The molecule has 0 aliphatic carbocycles. The van der Waals surface area contributed by atoms with Crippen LogP contribution >= 0.6 is 11.9 Å². The number of benzene rings is 1. The standard InChI is InChI=1S/C10H10N2OS/c1-2-7-12-10(13)11-8-5-3-4-6-9(8)14-12/h2-6H,1,7H2,(H,11,13). The molecule has 4 heteroatoms. The monoisotopic (exact) mass is 206 g/mol. The first kappa shape index (κ1) is 9.15. The summed E-state index contributed by atoms with van der Waals surface area (Å²) in [4.78, 5) is 12.6. The number of anilines is 1. The van der Waals surface area contributed by atoms with Crippen LogP contribution in [0.1, 0.15) is 0 Å². The fraction of sp³-hybridized carbons (Fsp3) is 0.100. The fourth-order valence-corrected chi connectivity index (χ4v) is 2.13. The minimum absolute atomic E-state index is 0.0893. The molecule has 0 saturated carbocycles. The number of rotatable bonds is 2. The van der Waals surface area contributed by atoms with Crippen molar-refractivity contribution in [1.29, 1.82) is 0 Å². The fourth-order valence-electron chi connectivity index (χ4n) is 1.22. The van der Waals surface area contributed by atoms with E-state index >= 15 is 0 Å². The van der Waals surface area contributed by atoms with Gasteiger partial charge < -0.3 is 5.32 Å². The summed E-state index contributed by atoms with van der Waals surface area (Å²) in [7, 11) is 0. The van der Waals surface area contributed by atoms with Crippen molar-refractivity contribution in [1.82, 2.24) is 4.31 Å². The molecule has 0 saturated heterocycles. The largest absolute Gasteiger partial charge is 0.332 e. The average Bonchev–Trinajstić information content (AvgIpc) is 2.19. The number of carbonyl (C=O) groups is 1. The number of hydrogen-bond donors (Lipinski definition) is 1. The molecule has 14 heavy (non-hydrogen) atoms. The minimum atomic E-state index is -0.0893. The lowest BCUT2D eigenvalue weighted by atomic mass is 10.3. The van der Waals surface area contributed by atoms with Crippen LogP contribution in [0.3, 0.4) is 0 Å². The summed E-state index contributed by atoms with van der Waals surface area (Å²) in [5, 5.41) is 2.81. The first-order valence-electron chi connectivity index (χ1n) is 4.27. The van der Waals surface area contributed by atoms with Crippen LogP contribution in [0.15, 0.2) is 41.8 Å². The highest BCUT2D eigenvalue weighted by Crippen LogP contribution is 2.34. The topological polar surface area (TPSA) is 32.3 Å². The van der Waals surface area contributed by atoms with E-state index in [2.05, 4.69) is 11.9 Å². The molecule has 1 heterocycles. The van der Waals surface area contributed by atoms with Gasteiger partial charge in [0, 0.05) is 0 Å². The normalized spacial score (nSPS) is 14.6. The summed E-state index contributed by atoms with van der Waals surface area (Å²) >= 11 is 1.44. The quantitative estimate of drug-likeness (QED) is 0.596. The minimum Gasteiger partial charge on any atom is -0.306 e. The summed E-state index contributed by atoms with van der Waals surface area (Å²) in [5.41, 5.74) is 0.878. The highest BCUT2D eigenvalue weighted by molar-refractivity contribution is 7.97. The van der Waals surface area contributed by atoms with Gasteiger partial charge in [-0.15, -0.1) is 6.58 Å². The van der Waals surface area contributed by atoms with Gasteiger partial charge in [0.1, 0.15) is 0 Å². The molecule has 1 aromatic carbocycles. The zero-order chi connectivity index (χ0) is 9.97. The summed E-state index contributed by atoms with van der Waals surface area (Å²) < 4.78 is 1.63. The number of fused-ring (bicyclic) bond motifs is 1. The average molecular weight is 206 g/mol. The second kappa shape index (κ2) is 3.75. The first-order valence-corrected chi connectivity index (χ1v) is 5.05. The van der Waals surface area contributed by atoms with E-state index in [-0.39, 0.29) is 6.03 Å². The van der Waals surface area contributed by atoms with Crippen LogP contribution in [0.5, 0.6) is 0 Å². The van der Waals surface area contributed by atoms with Crippen molar-refractivity contribution >= 4 is 23.7 Å². The van der Waals surface area contributed by atoms with Gasteiger partial charge in [-0.05, 0) is 24.1 Å². The number of urea groups is 1. The van der Waals surface area contributed by atoms with Crippen LogP contribution in [0, 0.1) is 0 Å². The number of amides is 2. The van der Waals surface area contributed by atoms with Gasteiger partial charge in [0.2, 0.25) is 0 Å². The lowest BCUT2D eigenvalue weighted by Crippen LogP contribution is -2.32. The molecule has 72 valence electrons. The second-order valence-electron chi connectivity index (χ2n) is 2.87. The SMILES string of the molecule is C=CCN1Sc2ccccc2NC1=O. The maximum Gasteiger partial charge on any atom is 0.332 e. The van der Waals surface area contributed by atoms with Gasteiger partial charge in [0.25, 0.3) is 0 Å². The Hall–Kier alpha value is -1.42. The lowest BCUT2D eigenvalue weighted by molar-refractivity contribution is 0.240. The summed E-state index contributed by atoms with van der Waals surface area (Å²) in [5.74, 6) is 0. The van der Waals surface area contributed by atoms with Crippen LogP contribution in [0.25, 0.3) is 0 Å². The number of para-hydroxylation sites is 1. The third kappa shape index (κ3) is 1.61. The molecule has 2 amide bonds. The summed E-state index contributed by atoms with van der Waals surface area (Å²) in [6.07, 6.45) is 1.71. The van der Waals surface area contributed by atoms with Gasteiger partial charge in [0.15, 0.2) is 0 Å². The molecule has 0 atom stereocenters. The van der Waals surface area contributed by atoms with E-state index in [0.29, 0.717) is 6.54 Å². The molecule has 0 unspecified atom stereocenters. The Kier molecular flexibility index (Phi) is 2.45. The molecule has 0 spiro atoms. The van der Waals surface area contributed by atoms with Crippen molar-refractivity contribution in [2.75, 3.05) is 11.9 Å². The number of hydrogen-bond acceptors (Lipinski definition) is 2.